The van der Waals surface area contributed by atoms with Gasteiger partial charge in [-0.2, -0.15) is 5.10 Å². The number of hydrogen-bond donors (Lipinski definition) is 3. The molecule has 3 N–H and O–H groups in total. The number of amides is 1. The van der Waals surface area contributed by atoms with Crippen LogP contribution in [0.1, 0.15) is 48.1 Å². The van der Waals surface area contributed by atoms with E-state index in [0.717, 1.165) is 55.1 Å². The second-order valence-corrected chi connectivity index (χ2v) is 8.38. The van der Waals surface area contributed by atoms with Gasteiger partial charge in [-0.1, -0.05) is 36.2 Å². The van der Waals surface area contributed by atoms with E-state index in [1.54, 1.807) is 0 Å². The van der Waals surface area contributed by atoms with Crippen molar-refractivity contribution in [3.8, 4) is 16.9 Å². The van der Waals surface area contributed by atoms with Crippen molar-refractivity contribution in [1.82, 2.24) is 20.4 Å². The number of carbonyl (C=O) groups is 1. The largest absolute Gasteiger partial charge is 0.505 e. The number of phenols is 1. The molecule has 8 heteroatoms. The summed E-state index contributed by atoms with van der Waals surface area (Å²) < 4.78 is 16.4. The topological polar surface area (TPSA) is 79.2 Å². The maximum atomic E-state index is 14.5. The highest BCUT2D eigenvalue weighted by molar-refractivity contribution is 6.34. The lowest BCUT2D eigenvalue weighted by molar-refractivity contribution is 0.0918. The first kappa shape index (κ1) is 22.3. The molecule has 0 unspecified atom stereocenters. The van der Waals surface area contributed by atoms with E-state index in [0.29, 0.717) is 0 Å². The standard InChI is InChI=1S/C24H26ClFN4O2/c1-2-30-14-17(13-28-30)15-6-5-7-16(12-15)23(19-8-3-4-11-27-19)29-24(32)21-18(25)9-10-20(31)22(21)26/h5-7,9-10,12-14,19,23,27,31H,2-4,8,11H2,1H3,(H,29,32)/t19-,23-/m0/s1. The molecule has 4 rings (SSSR count). The Kier molecular flexibility index (Phi) is 6.77. The molecule has 168 valence electrons. The molecule has 2 heterocycles. The quantitative estimate of drug-likeness (QED) is 0.503. The maximum absolute atomic E-state index is 14.5. The van der Waals surface area contributed by atoms with Crippen molar-refractivity contribution in [2.45, 2.75) is 44.8 Å². The number of piperidine rings is 1. The molecule has 0 radical (unpaired) electrons. The highest BCUT2D eigenvalue weighted by atomic mass is 35.5. The van der Waals surface area contributed by atoms with Gasteiger partial charge in [0.2, 0.25) is 0 Å². The van der Waals surface area contributed by atoms with E-state index in [4.69, 9.17) is 11.6 Å². The fourth-order valence-electron chi connectivity index (χ4n) is 4.14. The first-order valence-electron chi connectivity index (χ1n) is 10.8. The van der Waals surface area contributed by atoms with Gasteiger partial charge in [0.05, 0.1) is 22.8 Å². The van der Waals surface area contributed by atoms with Crippen molar-refractivity contribution in [2.75, 3.05) is 6.54 Å². The Balaban J connectivity index is 1.68. The molecule has 0 saturated carbocycles. The average molecular weight is 457 g/mol. The van der Waals surface area contributed by atoms with Gasteiger partial charge >= 0.3 is 0 Å². The molecule has 32 heavy (non-hydrogen) atoms. The molecule has 1 aromatic heterocycles. The highest BCUT2D eigenvalue weighted by Gasteiger charge is 2.29. The van der Waals surface area contributed by atoms with Crippen LogP contribution in [0.5, 0.6) is 5.75 Å². The predicted molar refractivity (Wildman–Crippen MR) is 122 cm³/mol. The summed E-state index contributed by atoms with van der Waals surface area (Å²) in [6.07, 6.45) is 6.78. The summed E-state index contributed by atoms with van der Waals surface area (Å²) in [6, 6.07) is 9.96. The van der Waals surface area contributed by atoms with Crippen molar-refractivity contribution < 1.29 is 14.3 Å². The third kappa shape index (κ3) is 4.64. The zero-order chi connectivity index (χ0) is 22.7. The zero-order valence-corrected chi connectivity index (χ0v) is 18.6. The number of carbonyl (C=O) groups excluding carboxylic acids is 1. The van der Waals surface area contributed by atoms with Gasteiger partial charge in [-0.15, -0.1) is 0 Å². The lowest BCUT2D eigenvalue weighted by atomic mass is 9.91. The summed E-state index contributed by atoms with van der Waals surface area (Å²) in [4.78, 5) is 13.1. The van der Waals surface area contributed by atoms with Crippen LogP contribution in [0.15, 0.2) is 48.8 Å². The zero-order valence-electron chi connectivity index (χ0n) is 17.8. The molecular weight excluding hydrogens is 431 g/mol. The number of phenolic OH excluding ortho intramolecular Hbond substituents is 1. The Hall–Kier alpha value is -2.90. The Morgan fingerprint density at radius 1 is 1.34 bits per heavy atom. The van der Waals surface area contributed by atoms with Crippen molar-refractivity contribution in [1.29, 1.82) is 0 Å². The molecule has 1 aliphatic rings. The molecular formula is C24H26ClFN4O2. The van der Waals surface area contributed by atoms with Gasteiger partial charge < -0.3 is 15.7 Å². The predicted octanol–water partition coefficient (Wildman–Crippen LogP) is 4.68. The molecule has 3 aromatic rings. The number of benzene rings is 2. The van der Waals surface area contributed by atoms with E-state index >= 15 is 0 Å². The Labute approximate surface area is 191 Å². The van der Waals surface area contributed by atoms with Gasteiger partial charge in [0.1, 0.15) is 0 Å². The highest BCUT2D eigenvalue weighted by Crippen LogP contribution is 2.30. The van der Waals surface area contributed by atoms with Crippen LogP contribution in [0.25, 0.3) is 11.1 Å². The first-order chi connectivity index (χ1) is 15.5. The smallest absolute Gasteiger partial charge is 0.256 e. The van der Waals surface area contributed by atoms with E-state index in [9.17, 15) is 14.3 Å². The van der Waals surface area contributed by atoms with Crippen molar-refractivity contribution in [2.24, 2.45) is 0 Å². The Morgan fingerprint density at radius 2 is 2.19 bits per heavy atom. The summed E-state index contributed by atoms with van der Waals surface area (Å²) in [6.45, 7) is 3.65. The fourth-order valence-corrected chi connectivity index (χ4v) is 4.37. The monoisotopic (exact) mass is 456 g/mol. The molecule has 1 aliphatic heterocycles. The first-order valence-corrected chi connectivity index (χ1v) is 11.2. The number of aromatic nitrogens is 2. The minimum absolute atomic E-state index is 0.0135. The average Bonchev–Trinajstić information content (AvgIpc) is 3.30. The fraction of sp³-hybridized carbons (Fsp3) is 0.333. The van der Waals surface area contributed by atoms with Crippen LogP contribution in [0.4, 0.5) is 4.39 Å². The lowest BCUT2D eigenvalue weighted by Crippen LogP contribution is -2.46. The molecule has 1 saturated heterocycles. The van der Waals surface area contributed by atoms with Crippen LogP contribution < -0.4 is 10.6 Å². The van der Waals surface area contributed by atoms with Gasteiger partial charge in [-0.25, -0.2) is 4.39 Å². The lowest BCUT2D eigenvalue weighted by Gasteiger charge is -2.32. The van der Waals surface area contributed by atoms with Crippen LogP contribution in [-0.4, -0.2) is 33.4 Å². The minimum Gasteiger partial charge on any atom is -0.505 e. The minimum atomic E-state index is -1.02. The normalized spacial score (nSPS) is 17.2. The number of aromatic hydroxyl groups is 1. The Morgan fingerprint density at radius 3 is 2.91 bits per heavy atom. The molecule has 0 aliphatic carbocycles. The number of nitrogens with zero attached hydrogens (tertiary/aromatic N) is 2. The summed E-state index contributed by atoms with van der Waals surface area (Å²) in [5, 5.41) is 20.5. The van der Waals surface area contributed by atoms with E-state index in [1.165, 1.54) is 6.07 Å². The van der Waals surface area contributed by atoms with Gasteiger partial charge in [0.15, 0.2) is 11.6 Å². The third-order valence-corrected chi connectivity index (χ3v) is 6.19. The molecule has 0 bridgehead atoms. The van der Waals surface area contributed by atoms with Crippen molar-refractivity contribution in [3.63, 3.8) is 0 Å². The van der Waals surface area contributed by atoms with Gasteiger partial charge in [0.25, 0.3) is 5.91 Å². The summed E-state index contributed by atoms with van der Waals surface area (Å²) in [5.74, 6) is -2.29. The number of aryl methyl sites for hydroxylation is 1. The van der Waals surface area contributed by atoms with Crippen LogP contribution in [0.3, 0.4) is 0 Å². The number of rotatable bonds is 6. The number of nitrogens with one attached hydrogen (secondary N) is 2. The third-order valence-electron chi connectivity index (χ3n) is 5.87. The molecule has 6 nitrogen and oxygen atoms in total. The van der Waals surface area contributed by atoms with E-state index in [-0.39, 0.29) is 16.6 Å². The Bertz CT molecular complexity index is 1110. The second-order valence-electron chi connectivity index (χ2n) is 7.97. The maximum Gasteiger partial charge on any atom is 0.256 e. The second kappa shape index (κ2) is 9.71. The summed E-state index contributed by atoms with van der Waals surface area (Å²) in [7, 11) is 0. The summed E-state index contributed by atoms with van der Waals surface area (Å²) in [5.41, 5.74) is 2.51. The van der Waals surface area contributed by atoms with Gasteiger partial charge in [-0.3, -0.25) is 9.48 Å². The van der Waals surface area contributed by atoms with E-state index in [1.807, 2.05) is 48.3 Å². The number of halogens is 2. The summed E-state index contributed by atoms with van der Waals surface area (Å²) >= 11 is 6.10. The number of hydrogen-bond acceptors (Lipinski definition) is 4. The van der Waals surface area contributed by atoms with E-state index in [2.05, 4.69) is 15.7 Å². The van der Waals surface area contributed by atoms with Gasteiger partial charge in [0, 0.05) is 24.3 Å². The molecule has 0 spiro atoms. The van der Waals surface area contributed by atoms with Crippen LogP contribution in [-0.2, 0) is 6.54 Å². The van der Waals surface area contributed by atoms with Crippen LogP contribution in [0, 0.1) is 5.82 Å². The van der Waals surface area contributed by atoms with Crippen molar-refractivity contribution in [3.05, 3.63) is 70.8 Å². The van der Waals surface area contributed by atoms with E-state index < -0.39 is 23.5 Å². The molecule has 2 atom stereocenters. The van der Waals surface area contributed by atoms with Crippen molar-refractivity contribution >= 4 is 17.5 Å². The SMILES string of the molecule is CCn1cc(-c2cccc([C@H](NC(=O)c3c(Cl)ccc(O)c3F)[C@@H]3CCCCN3)c2)cn1. The van der Waals surface area contributed by atoms with Gasteiger partial charge in [-0.05, 0) is 55.6 Å². The van der Waals surface area contributed by atoms with Crippen LogP contribution >= 0.6 is 11.6 Å². The van der Waals surface area contributed by atoms with Crippen LogP contribution in [0.2, 0.25) is 5.02 Å². The molecule has 1 amide bonds. The molecule has 1 fully saturated rings. The molecule has 2 aromatic carbocycles.